The van der Waals surface area contributed by atoms with Crippen LogP contribution in [0.3, 0.4) is 0 Å². The van der Waals surface area contributed by atoms with Crippen LogP contribution in [0.25, 0.3) is 0 Å². The van der Waals surface area contributed by atoms with Crippen molar-refractivity contribution >= 4 is 17.5 Å². The topological polar surface area (TPSA) is 85.4 Å². The molecule has 1 heterocycles. The molecule has 2 N–H and O–H groups in total. The molecule has 1 amide bonds. The number of amides is 1. The first-order chi connectivity index (χ1) is 13.7. The van der Waals surface area contributed by atoms with Crippen LogP contribution in [0.4, 0.5) is 11.6 Å². The van der Waals surface area contributed by atoms with E-state index in [9.17, 15) is 4.79 Å². The number of nitrogens with zero attached hydrogens (tertiary/aromatic N) is 2. The van der Waals surface area contributed by atoms with Gasteiger partial charge in [-0.1, -0.05) is 30.3 Å². The molecule has 1 aromatic heterocycles. The number of hydrogen-bond donors (Lipinski definition) is 2. The standard InChI is InChI=1S/C21H22N4O3/c1-27-12-11-22-20(26)17-13-23-21(24-14-17)25-18-7-9-19(10-8-18)28-15-16-5-3-2-4-6-16/h2-10,13-14H,11-12,15H2,1H3,(H,22,26)(H,23,24,25). The monoisotopic (exact) mass is 378 g/mol. The summed E-state index contributed by atoms with van der Waals surface area (Å²) in [4.78, 5) is 20.3. The van der Waals surface area contributed by atoms with Gasteiger partial charge in [0.1, 0.15) is 12.4 Å². The zero-order valence-corrected chi connectivity index (χ0v) is 15.6. The number of nitrogens with one attached hydrogen (secondary N) is 2. The number of aromatic nitrogens is 2. The largest absolute Gasteiger partial charge is 0.489 e. The Balaban J connectivity index is 1.51. The van der Waals surface area contributed by atoms with E-state index in [2.05, 4.69) is 20.6 Å². The minimum Gasteiger partial charge on any atom is -0.489 e. The molecule has 2 aromatic carbocycles. The van der Waals surface area contributed by atoms with Crippen LogP contribution in [0.1, 0.15) is 15.9 Å². The van der Waals surface area contributed by atoms with Gasteiger partial charge in [-0.15, -0.1) is 0 Å². The summed E-state index contributed by atoms with van der Waals surface area (Å²) in [7, 11) is 1.58. The van der Waals surface area contributed by atoms with E-state index in [0.29, 0.717) is 31.3 Å². The van der Waals surface area contributed by atoms with Gasteiger partial charge >= 0.3 is 0 Å². The van der Waals surface area contributed by atoms with Crippen molar-refractivity contribution < 1.29 is 14.3 Å². The van der Waals surface area contributed by atoms with Gasteiger partial charge < -0.3 is 20.1 Å². The Hall–Kier alpha value is -3.45. The van der Waals surface area contributed by atoms with Crippen molar-refractivity contribution in [3.63, 3.8) is 0 Å². The number of methoxy groups -OCH3 is 1. The van der Waals surface area contributed by atoms with E-state index in [0.717, 1.165) is 17.0 Å². The fourth-order valence-electron chi connectivity index (χ4n) is 2.38. The summed E-state index contributed by atoms with van der Waals surface area (Å²) < 4.78 is 10.7. The lowest BCUT2D eigenvalue weighted by Gasteiger charge is -2.09. The van der Waals surface area contributed by atoms with Crippen molar-refractivity contribution in [2.45, 2.75) is 6.61 Å². The van der Waals surface area contributed by atoms with Crippen LogP contribution in [0.5, 0.6) is 5.75 Å². The van der Waals surface area contributed by atoms with Gasteiger partial charge in [0, 0.05) is 31.7 Å². The molecule has 0 fully saturated rings. The first-order valence-electron chi connectivity index (χ1n) is 8.87. The van der Waals surface area contributed by atoms with Gasteiger partial charge in [0.25, 0.3) is 5.91 Å². The van der Waals surface area contributed by atoms with Gasteiger partial charge in [-0.3, -0.25) is 4.79 Å². The summed E-state index contributed by atoms with van der Waals surface area (Å²) in [6.07, 6.45) is 2.96. The predicted octanol–water partition coefficient (Wildman–Crippen LogP) is 3.18. The molecule has 0 spiro atoms. The molecule has 0 atom stereocenters. The molecule has 0 aliphatic rings. The molecule has 144 valence electrons. The lowest BCUT2D eigenvalue weighted by Crippen LogP contribution is -2.27. The molecular weight excluding hydrogens is 356 g/mol. The highest BCUT2D eigenvalue weighted by atomic mass is 16.5. The summed E-state index contributed by atoms with van der Waals surface area (Å²) in [6, 6.07) is 17.5. The normalized spacial score (nSPS) is 10.3. The number of carbonyl (C=O) groups is 1. The molecule has 0 saturated heterocycles. The van der Waals surface area contributed by atoms with E-state index in [-0.39, 0.29) is 5.91 Å². The van der Waals surface area contributed by atoms with E-state index in [1.165, 1.54) is 12.4 Å². The maximum Gasteiger partial charge on any atom is 0.254 e. The maximum absolute atomic E-state index is 11.9. The lowest BCUT2D eigenvalue weighted by atomic mass is 10.2. The molecule has 0 aliphatic heterocycles. The average Bonchev–Trinajstić information content (AvgIpc) is 2.75. The third kappa shape index (κ3) is 5.78. The van der Waals surface area contributed by atoms with E-state index in [1.807, 2.05) is 54.6 Å². The summed E-state index contributed by atoms with van der Waals surface area (Å²) >= 11 is 0. The van der Waals surface area contributed by atoms with Crippen LogP contribution in [0.15, 0.2) is 67.0 Å². The highest BCUT2D eigenvalue weighted by molar-refractivity contribution is 5.93. The molecule has 0 bridgehead atoms. The Labute approximate surface area is 163 Å². The molecule has 3 aromatic rings. The number of rotatable bonds is 9. The van der Waals surface area contributed by atoms with Crippen molar-refractivity contribution in [3.8, 4) is 5.75 Å². The smallest absolute Gasteiger partial charge is 0.254 e. The Morgan fingerprint density at radius 1 is 1.00 bits per heavy atom. The number of hydrogen-bond acceptors (Lipinski definition) is 6. The van der Waals surface area contributed by atoms with Crippen LogP contribution in [-0.4, -0.2) is 36.1 Å². The molecule has 0 unspecified atom stereocenters. The van der Waals surface area contributed by atoms with E-state index in [4.69, 9.17) is 9.47 Å². The Bertz CT molecular complexity index is 868. The fourth-order valence-corrected chi connectivity index (χ4v) is 2.38. The second-order valence-electron chi connectivity index (χ2n) is 5.97. The van der Waals surface area contributed by atoms with Crippen LogP contribution in [-0.2, 0) is 11.3 Å². The first kappa shape index (κ1) is 19.3. The van der Waals surface area contributed by atoms with Crippen molar-refractivity contribution in [2.24, 2.45) is 0 Å². The third-order valence-electron chi connectivity index (χ3n) is 3.86. The number of anilines is 2. The highest BCUT2D eigenvalue weighted by Crippen LogP contribution is 2.19. The first-order valence-corrected chi connectivity index (χ1v) is 8.87. The molecular formula is C21H22N4O3. The Kier molecular flexibility index (Phi) is 6.92. The van der Waals surface area contributed by atoms with E-state index in [1.54, 1.807) is 7.11 Å². The van der Waals surface area contributed by atoms with Crippen LogP contribution >= 0.6 is 0 Å². The quantitative estimate of drug-likeness (QED) is 0.556. The van der Waals surface area contributed by atoms with Gasteiger partial charge in [-0.2, -0.15) is 0 Å². The second kappa shape index (κ2) is 10.0. The van der Waals surface area contributed by atoms with Crippen molar-refractivity contribution in [2.75, 3.05) is 25.6 Å². The molecule has 0 radical (unpaired) electrons. The van der Waals surface area contributed by atoms with Gasteiger partial charge in [0.15, 0.2) is 0 Å². The third-order valence-corrected chi connectivity index (χ3v) is 3.86. The van der Waals surface area contributed by atoms with Crippen molar-refractivity contribution in [1.29, 1.82) is 0 Å². The van der Waals surface area contributed by atoms with Gasteiger partial charge in [-0.05, 0) is 29.8 Å². The lowest BCUT2D eigenvalue weighted by molar-refractivity contribution is 0.0936. The molecule has 0 aliphatic carbocycles. The fraction of sp³-hybridized carbons (Fsp3) is 0.190. The molecule has 0 saturated carbocycles. The van der Waals surface area contributed by atoms with E-state index >= 15 is 0 Å². The zero-order valence-electron chi connectivity index (χ0n) is 15.6. The average molecular weight is 378 g/mol. The second-order valence-corrected chi connectivity index (χ2v) is 5.97. The number of ether oxygens (including phenoxy) is 2. The predicted molar refractivity (Wildman–Crippen MR) is 107 cm³/mol. The highest BCUT2D eigenvalue weighted by Gasteiger charge is 2.07. The van der Waals surface area contributed by atoms with Gasteiger partial charge in [0.05, 0.1) is 12.2 Å². The molecule has 3 rings (SSSR count). The number of benzene rings is 2. The van der Waals surface area contributed by atoms with Crippen LogP contribution < -0.4 is 15.4 Å². The molecule has 7 nitrogen and oxygen atoms in total. The number of carbonyl (C=O) groups excluding carboxylic acids is 1. The minimum absolute atomic E-state index is 0.233. The Morgan fingerprint density at radius 2 is 1.71 bits per heavy atom. The summed E-state index contributed by atoms with van der Waals surface area (Å²) in [5.41, 5.74) is 2.33. The summed E-state index contributed by atoms with van der Waals surface area (Å²) in [5.74, 6) is 0.952. The van der Waals surface area contributed by atoms with Gasteiger partial charge in [0.2, 0.25) is 5.95 Å². The SMILES string of the molecule is COCCNC(=O)c1cnc(Nc2ccc(OCc3ccccc3)cc2)nc1. The molecule has 28 heavy (non-hydrogen) atoms. The van der Waals surface area contributed by atoms with Gasteiger partial charge in [-0.25, -0.2) is 9.97 Å². The molecule has 7 heteroatoms. The Morgan fingerprint density at radius 3 is 2.39 bits per heavy atom. The van der Waals surface area contributed by atoms with Crippen molar-refractivity contribution in [3.05, 3.63) is 78.1 Å². The van der Waals surface area contributed by atoms with Crippen LogP contribution in [0, 0.1) is 0 Å². The summed E-state index contributed by atoms with van der Waals surface area (Å²) in [6.45, 7) is 1.41. The van der Waals surface area contributed by atoms with E-state index < -0.39 is 0 Å². The summed E-state index contributed by atoms with van der Waals surface area (Å²) in [5, 5.41) is 5.81. The van der Waals surface area contributed by atoms with Crippen LogP contribution in [0.2, 0.25) is 0 Å². The zero-order chi connectivity index (χ0) is 19.6. The minimum atomic E-state index is -0.233. The van der Waals surface area contributed by atoms with Crippen molar-refractivity contribution in [1.82, 2.24) is 15.3 Å². The maximum atomic E-state index is 11.9.